The smallest absolute Gasteiger partial charge is 0.0171 e. The van der Waals surface area contributed by atoms with Gasteiger partial charge in [0.25, 0.3) is 0 Å². The minimum Gasteiger partial charge on any atom is -0.0616 e. The van der Waals surface area contributed by atoms with Crippen LogP contribution in [-0.2, 0) is 5.41 Å². The molecule has 11 rings (SSSR count). The highest BCUT2D eigenvalue weighted by Crippen LogP contribution is 2.54. The lowest BCUT2D eigenvalue weighted by molar-refractivity contribution is 0.668. The number of hydrogen-bond donors (Lipinski definition) is 0. The second-order valence-electron chi connectivity index (χ2n) is 15.6. The van der Waals surface area contributed by atoms with Gasteiger partial charge in [0.1, 0.15) is 0 Å². The van der Waals surface area contributed by atoms with Gasteiger partial charge >= 0.3 is 0 Å². The van der Waals surface area contributed by atoms with Gasteiger partial charge in [-0.15, -0.1) is 0 Å². The monoisotopic (exact) mass is 698 g/mol. The Balaban J connectivity index is 1.05. The van der Waals surface area contributed by atoms with Crippen LogP contribution >= 0.6 is 0 Å². The minimum absolute atomic E-state index is 0.130. The van der Waals surface area contributed by atoms with Crippen molar-refractivity contribution < 1.29 is 0 Å². The highest BCUT2D eigenvalue weighted by Gasteiger charge is 2.38. The fraction of sp³-hybridized carbons (Fsp3) is 0.0545. The molecule has 0 bridgehead atoms. The first kappa shape index (κ1) is 31.7. The van der Waals surface area contributed by atoms with Gasteiger partial charge in [0.2, 0.25) is 0 Å². The van der Waals surface area contributed by atoms with E-state index in [2.05, 4.69) is 208 Å². The van der Waals surface area contributed by atoms with Crippen LogP contribution in [0.25, 0.3) is 98.7 Å². The van der Waals surface area contributed by atoms with Crippen molar-refractivity contribution in [2.24, 2.45) is 0 Å². The largest absolute Gasteiger partial charge is 0.0616 e. The topological polar surface area (TPSA) is 0 Å². The first-order valence-electron chi connectivity index (χ1n) is 19.3. The number of rotatable bonds is 4. The Kier molecular flexibility index (Phi) is 7.00. The molecule has 0 aromatic heterocycles. The summed E-state index contributed by atoms with van der Waals surface area (Å²) in [6, 6.07) is 72.1. The Morgan fingerprint density at radius 1 is 0.273 bits per heavy atom. The summed E-state index contributed by atoms with van der Waals surface area (Å²) in [5.74, 6) is 0. The normalized spacial score (nSPS) is 13.1. The molecule has 0 fully saturated rings. The molecule has 1 aliphatic carbocycles. The fourth-order valence-corrected chi connectivity index (χ4v) is 9.78. The van der Waals surface area contributed by atoms with Crippen LogP contribution < -0.4 is 0 Å². The van der Waals surface area contributed by atoms with E-state index >= 15 is 0 Å². The lowest BCUT2D eigenvalue weighted by Crippen LogP contribution is -2.16. The molecule has 0 amide bonds. The van der Waals surface area contributed by atoms with Gasteiger partial charge in [-0.2, -0.15) is 0 Å². The maximum Gasteiger partial charge on any atom is 0.0171 e. The zero-order chi connectivity index (χ0) is 36.7. The van der Waals surface area contributed by atoms with Crippen molar-refractivity contribution >= 4 is 43.1 Å². The summed E-state index contributed by atoms with van der Waals surface area (Å²) in [4.78, 5) is 0. The molecule has 0 aliphatic heterocycles. The molecule has 10 aromatic carbocycles. The third kappa shape index (κ3) is 4.85. The molecule has 0 spiro atoms. The van der Waals surface area contributed by atoms with Gasteiger partial charge < -0.3 is 0 Å². The van der Waals surface area contributed by atoms with Gasteiger partial charge in [0.05, 0.1) is 0 Å². The maximum atomic E-state index is 2.40. The first-order chi connectivity index (χ1) is 27.0. The van der Waals surface area contributed by atoms with Gasteiger partial charge in [-0.3, -0.25) is 0 Å². The Morgan fingerprint density at radius 2 is 0.745 bits per heavy atom. The van der Waals surface area contributed by atoms with Crippen molar-refractivity contribution in [2.75, 3.05) is 0 Å². The Morgan fingerprint density at radius 3 is 1.45 bits per heavy atom. The van der Waals surface area contributed by atoms with Crippen molar-refractivity contribution in [2.45, 2.75) is 19.3 Å². The first-order valence-corrected chi connectivity index (χ1v) is 19.3. The van der Waals surface area contributed by atoms with E-state index in [0.29, 0.717) is 0 Å². The standard InChI is InChI=1S/C55H38/c1-55(2)53-44(23-12-24-49(53)50-32-31-36-14-5-6-18-43(36)54(50)55)37-26-28-38(29-27-37)51-45-19-7-9-21-47(45)52(48-22-10-8-20-46(48)51)42-17-11-16-40(34-42)41-30-25-35-13-3-4-15-39(35)33-41/h3-34H,1-2H3. The van der Waals surface area contributed by atoms with Crippen LogP contribution in [0, 0.1) is 0 Å². The molecule has 55 heavy (non-hydrogen) atoms. The molecule has 258 valence electrons. The highest BCUT2D eigenvalue weighted by atomic mass is 14.4. The highest BCUT2D eigenvalue weighted by molar-refractivity contribution is 6.21. The molecule has 0 radical (unpaired) electrons. The van der Waals surface area contributed by atoms with Gasteiger partial charge in [-0.1, -0.05) is 196 Å². The number of fused-ring (bicyclic) bond motifs is 8. The molecule has 0 saturated heterocycles. The van der Waals surface area contributed by atoms with Gasteiger partial charge in [-0.25, -0.2) is 0 Å². The van der Waals surface area contributed by atoms with Gasteiger partial charge in [0, 0.05) is 5.41 Å². The molecule has 0 nitrogen and oxygen atoms in total. The average Bonchev–Trinajstić information content (AvgIpc) is 3.49. The van der Waals surface area contributed by atoms with Crippen molar-refractivity contribution in [3.63, 3.8) is 0 Å². The summed E-state index contributed by atoms with van der Waals surface area (Å²) < 4.78 is 0. The molecular weight excluding hydrogens is 661 g/mol. The third-order valence-corrected chi connectivity index (χ3v) is 12.2. The predicted octanol–water partition coefficient (Wildman–Crippen LogP) is 15.3. The van der Waals surface area contributed by atoms with E-state index in [-0.39, 0.29) is 5.41 Å². The molecule has 0 heteroatoms. The second-order valence-corrected chi connectivity index (χ2v) is 15.6. The molecule has 0 N–H and O–H groups in total. The van der Waals surface area contributed by atoms with E-state index in [1.54, 1.807) is 0 Å². The summed E-state index contributed by atoms with van der Waals surface area (Å²) in [6.07, 6.45) is 0. The number of benzene rings is 10. The van der Waals surface area contributed by atoms with E-state index in [9.17, 15) is 0 Å². The quantitative estimate of drug-likeness (QED) is 0.161. The summed E-state index contributed by atoms with van der Waals surface area (Å²) in [5.41, 5.74) is 15.5. The van der Waals surface area contributed by atoms with Crippen LogP contribution in [0.5, 0.6) is 0 Å². The molecular formula is C55H38. The van der Waals surface area contributed by atoms with Crippen LogP contribution in [-0.4, -0.2) is 0 Å². The number of hydrogen-bond acceptors (Lipinski definition) is 0. The van der Waals surface area contributed by atoms with E-state index in [1.807, 2.05) is 0 Å². The average molecular weight is 699 g/mol. The molecule has 0 saturated carbocycles. The lowest BCUT2D eigenvalue weighted by atomic mass is 9.77. The molecule has 1 aliphatic rings. The van der Waals surface area contributed by atoms with Crippen LogP contribution in [0.15, 0.2) is 194 Å². The van der Waals surface area contributed by atoms with Crippen LogP contribution in [0.4, 0.5) is 0 Å². The van der Waals surface area contributed by atoms with Crippen LogP contribution in [0.3, 0.4) is 0 Å². The zero-order valence-corrected chi connectivity index (χ0v) is 31.0. The SMILES string of the molecule is CC1(C)c2c(-c3ccc(-c4c5ccccc5c(-c5cccc(-c6ccc7ccccc7c6)c5)c5ccccc45)cc3)cccc2-c2ccc3ccccc3c21. The van der Waals surface area contributed by atoms with Gasteiger partial charge in [0.15, 0.2) is 0 Å². The van der Waals surface area contributed by atoms with E-state index in [1.165, 1.54) is 110 Å². The van der Waals surface area contributed by atoms with E-state index in [4.69, 9.17) is 0 Å². The molecule has 0 heterocycles. The Labute approximate surface area is 322 Å². The van der Waals surface area contributed by atoms with Crippen molar-refractivity contribution in [1.82, 2.24) is 0 Å². The predicted molar refractivity (Wildman–Crippen MR) is 236 cm³/mol. The van der Waals surface area contributed by atoms with Crippen LogP contribution in [0.1, 0.15) is 25.0 Å². The van der Waals surface area contributed by atoms with Crippen LogP contribution in [0.2, 0.25) is 0 Å². The van der Waals surface area contributed by atoms with Crippen molar-refractivity contribution in [3.05, 3.63) is 205 Å². The van der Waals surface area contributed by atoms with E-state index < -0.39 is 0 Å². The van der Waals surface area contributed by atoms with Crippen molar-refractivity contribution in [1.29, 1.82) is 0 Å². The van der Waals surface area contributed by atoms with Crippen molar-refractivity contribution in [3.8, 4) is 55.6 Å². The third-order valence-electron chi connectivity index (χ3n) is 12.2. The maximum absolute atomic E-state index is 2.40. The summed E-state index contributed by atoms with van der Waals surface area (Å²) in [6.45, 7) is 4.80. The fourth-order valence-electron chi connectivity index (χ4n) is 9.78. The molecule has 10 aromatic rings. The molecule has 0 atom stereocenters. The Hall–Kier alpha value is -6.76. The summed E-state index contributed by atoms with van der Waals surface area (Å²) in [5, 5.41) is 10.2. The molecule has 0 unspecified atom stereocenters. The second kappa shape index (κ2) is 12.1. The lowest BCUT2D eigenvalue weighted by Gasteiger charge is -2.26. The van der Waals surface area contributed by atoms with Gasteiger partial charge in [-0.05, 0) is 122 Å². The van der Waals surface area contributed by atoms with E-state index in [0.717, 1.165) is 0 Å². The Bertz CT molecular complexity index is 3100. The minimum atomic E-state index is -0.130. The summed E-state index contributed by atoms with van der Waals surface area (Å²) >= 11 is 0. The zero-order valence-electron chi connectivity index (χ0n) is 31.0. The summed E-state index contributed by atoms with van der Waals surface area (Å²) in [7, 11) is 0.